The van der Waals surface area contributed by atoms with Crippen LogP contribution in [-0.4, -0.2) is 35.0 Å². The maximum Gasteiger partial charge on any atom is 0.337 e. The van der Waals surface area contributed by atoms with E-state index in [0.29, 0.717) is 22.8 Å². The van der Waals surface area contributed by atoms with Gasteiger partial charge in [0.25, 0.3) is 5.91 Å². The minimum Gasteiger partial charge on any atom is -0.465 e. The SMILES string of the molecule is COC(=O)c1cccc(Nc2cc(C(=O)NC3CCCC3)ncn2)c1. The van der Waals surface area contributed by atoms with E-state index in [4.69, 9.17) is 4.74 Å². The van der Waals surface area contributed by atoms with E-state index < -0.39 is 5.97 Å². The summed E-state index contributed by atoms with van der Waals surface area (Å²) in [5.41, 5.74) is 1.41. The molecular weight excluding hydrogens is 320 g/mol. The molecule has 1 aliphatic rings. The van der Waals surface area contributed by atoms with E-state index in [-0.39, 0.29) is 11.9 Å². The molecule has 7 nitrogen and oxygen atoms in total. The average molecular weight is 340 g/mol. The van der Waals surface area contributed by atoms with Gasteiger partial charge in [-0.2, -0.15) is 0 Å². The topological polar surface area (TPSA) is 93.2 Å². The first-order chi connectivity index (χ1) is 12.2. The summed E-state index contributed by atoms with van der Waals surface area (Å²) in [5, 5.41) is 6.07. The predicted octanol–water partition coefficient (Wildman–Crippen LogP) is 2.68. The molecule has 0 atom stereocenters. The molecule has 130 valence electrons. The van der Waals surface area contributed by atoms with Gasteiger partial charge >= 0.3 is 5.97 Å². The highest BCUT2D eigenvalue weighted by molar-refractivity contribution is 5.93. The Morgan fingerprint density at radius 3 is 2.72 bits per heavy atom. The van der Waals surface area contributed by atoms with Crippen molar-refractivity contribution in [2.75, 3.05) is 12.4 Å². The normalized spacial score (nSPS) is 14.1. The Labute approximate surface area is 145 Å². The lowest BCUT2D eigenvalue weighted by Crippen LogP contribution is -2.33. The molecule has 0 aliphatic heterocycles. The number of carbonyl (C=O) groups is 2. The van der Waals surface area contributed by atoms with Crippen LogP contribution in [0.3, 0.4) is 0 Å². The van der Waals surface area contributed by atoms with Gasteiger partial charge in [0.05, 0.1) is 12.7 Å². The molecule has 0 radical (unpaired) electrons. The van der Waals surface area contributed by atoms with Crippen molar-refractivity contribution in [1.82, 2.24) is 15.3 Å². The number of nitrogens with one attached hydrogen (secondary N) is 2. The van der Waals surface area contributed by atoms with Crippen LogP contribution >= 0.6 is 0 Å². The number of hydrogen-bond acceptors (Lipinski definition) is 6. The van der Waals surface area contributed by atoms with Gasteiger partial charge in [0.15, 0.2) is 0 Å². The van der Waals surface area contributed by atoms with Crippen LogP contribution in [-0.2, 0) is 4.74 Å². The summed E-state index contributed by atoms with van der Waals surface area (Å²) in [6.45, 7) is 0. The molecule has 3 rings (SSSR count). The third-order valence-electron chi connectivity index (χ3n) is 4.15. The fourth-order valence-corrected chi connectivity index (χ4v) is 2.87. The molecule has 25 heavy (non-hydrogen) atoms. The Kier molecular flexibility index (Phi) is 5.23. The summed E-state index contributed by atoms with van der Waals surface area (Å²) in [6.07, 6.45) is 5.68. The van der Waals surface area contributed by atoms with E-state index >= 15 is 0 Å². The van der Waals surface area contributed by atoms with E-state index in [2.05, 4.69) is 20.6 Å². The van der Waals surface area contributed by atoms with Gasteiger partial charge in [-0.25, -0.2) is 14.8 Å². The second kappa shape index (κ2) is 7.74. The van der Waals surface area contributed by atoms with E-state index in [1.54, 1.807) is 30.3 Å². The van der Waals surface area contributed by atoms with Crippen molar-refractivity contribution >= 4 is 23.4 Å². The molecule has 0 unspecified atom stereocenters. The highest BCUT2D eigenvalue weighted by atomic mass is 16.5. The minimum absolute atomic E-state index is 0.194. The van der Waals surface area contributed by atoms with Gasteiger partial charge in [0.1, 0.15) is 17.8 Å². The van der Waals surface area contributed by atoms with Crippen molar-refractivity contribution in [3.8, 4) is 0 Å². The molecular formula is C18H20N4O3. The molecule has 1 saturated carbocycles. The maximum atomic E-state index is 12.3. The van der Waals surface area contributed by atoms with E-state index in [1.807, 2.05) is 0 Å². The molecule has 1 amide bonds. The molecule has 1 heterocycles. The molecule has 2 aromatic rings. The van der Waals surface area contributed by atoms with E-state index in [0.717, 1.165) is 25.7 Å². The molecule has 1 aliphatic carbocycles. The number of carbonyl (C=O) groups excluding carboxylic acids is 2. The summed E-state index contributed by atoms with van der Waals surface area (Å²) < 4.78 is 4.71. The first-order valence-electron chi connectivity index (χ1n) is 8.24. The molecule has 2 N–H and O–H groups in total. The van der Waals surface area contributed by atoms with Crippen LogP contribution in [0.1, 0.15) is 46.5 Å². The number of hydrogen-bond donors (Lipinski definition) is 2. The van der Waals surface area contributed by atoms with Gasteiger partial charge < -0.3 is 15.4 Å². The van der Waals surface area contributed by atoms with Crippen LogP contribution in [0.4, 0.5) is 11.5 Å². The number of anilines is 2. The first-order valence-corrected chi connectivity index (χ1v) is 8.24. The number of ether oxygens (including phenoxy) is 1. The highest BCUT2D eigenvalue weighted by Crippen LogP contribution is 2.19. The standard InChI is InChI=1S/C18H20N4O3/c1-25-18(24)12-5-4-8-14(9-12)21-16-10-15(19-11-20-16)17(23)22-13-6-2-3-7-13/h4-5,8-11,13H,2-3,6-7H2,1H3,(H,22,23)(H,19,20,21). The van der Waals surface area contributed by atoms with Crippen molar-refractivity contribution in [3.05, 3.63) is 47.9 Å². The van der Waals surface area contributed by atoms with Crippen LogP contribution < -0.4 is 10.6 Å². The van der Waals surface area contributed by atoms with Crippen molar-refractivity contribution in [3.63, 3.8) is 0 Å². The van der Waals surface area contributed by atoms with Gasteiger partial charge in [-0.15, -0.1) is 0 Å². The Morgan fingerprint density at radius 2 is 1.96 bits per heavy atom. The van der Waals surface area contributed by atoms with Crippen molar-refractivity contribution in [1.29, 1.82) is 0 Å². The van der Waals surface area contributed by atoms with Crippen molar-refractivity contribution in [2.24, 2.45) is 0 Å². The number of aromatic nitrogens is 2. The van der Waals surface area contributed by atoms with Crippen LogP contribution in [0.2, 0.25) is 0 Å². The van der Waals surface area contributed by atoms with Crippen LogP contribution in [0, 0.1) is 0 Å². The summed E-state index contributed by atoms with van der Waals surface area (Å²) in [7, 11) is 1.34. The first kappa shape index (κ1) is 16.9. The lowest BCUT2D eigenvalue weighted by molar-refractivity contribution is 0.0600. The fraction of sp³-hybridized carbons (Fsp3) is 0.333. The number of nitrogens with zero attached hydrogens (tertiary/aromatic N) is 2. The van der Waals surface area contributed by atoms with Gasteiger partial charge in [-0.3, -0.25) is 4.79 Å². The van der Waals surface area contributed by atoms with Crippen LogP contribution in [0.25, 0.3) is 0 Å². The minimum atomic E-state index is -0.414. The third kappa shape index (κ3) is 4.32. The van der Waals surface area contributed by atoms with Gasteiger partial charge in [0.2, 0.25) is 0 Å². The third-order valence-corrected chi connectivity index (χ3v) is 4.15. The Balaban J connectivity index is 1.71. The van der Waals surface area contributed by atoms with Gasteiger partial charge in [-0.1, -0.05) is 18.9 Å². The summed E-state index contributed by atoms with van der Waals surface area (Å²) >= 11 is 0. The Morgan fingerprint density at radius 1 is 1.16 bits per heavy atom. The zero-order valence-corrected chi connectivity index (χ0v) is 14.0. The monoisotopic (exact) mass is 340 g/mol. The molecule has 1 aromatic carbocycles. The zero-order valence-electron chi connectivity index (χ0n) is 14.0. The summed E-state index contributed by atoms with van der Waals surface area (Å²) in [6, 6.07) is 8.69. The van der Waals surface area contributed by atoms with Crippen molar-refractivity contribution in [2.45, 2.75) is 31.7 Å². The lowest BCUT2D eigenvalue weighted by atomic mass is 10.2. The van der Waals surface area contributed by atoms with Gasteiger partial charge in [0, 0.05) is 17.8 Å². The Bertz CT molecular complexity index is 772. The predicted molar refractivity (Wildman–Crippen MR) is 92.8 cm³/mol. The average Bonchev–Trinajstić information content (AvgIpc) is 3.14. The summed E-state index contributed by atoms with van der Waals surface area (Å²) in [5.74, 6) is -0.128. The molecule has 0 saturated heterocycles. The van der Waals surface area contributed by atoms with Gasteiger partial charge in [-0.05, 0) is 31.0 Å². The number of benzene rings is 1. The molecule has 1 aromatic heterocycles. The van der Waals surface area contributed by atoms with Crippen molar-refractivity contribution < 1.29 is 14.3 Å². The number of esters is 1. The maximum absolute atomic E-state index is 12.3. The largest absolute Gasteiger partial charge is 0.465 e. The number of methoxy groups -OCH3 is 1. The zero-order chi connectivity index (χ0) is 17.6. The van der Waals surface area contributed by atoms with Crippen LogP contribution in [0.5, 0.6) is 0 Å². The fourth-order valence-electron chi connectivity index (χ4n) is 2.87. The second-order valence-corrected chi connectivity index (χ2v) is 5.94. The lowest BCUT2D eigenvalue weighted by Gasteiger charge is -2.12. The second-order valence-electron chi connectivity index (χ2n) is 5.94. The Hall–Kier alpha value is -2.96. The van der Waals surface area contributed by atoms with E-state index in [1.165, 1.54) is 13.4 Å². The molecule has 1 fully saturated rings. The smallest absolute Gasteiger partial charge is 0.337 e. The molecule has 0 bridgehead atoms. The summed E-state index contributed by atoms with van der Waals surface area (Å²) in [4.78, 5) is 32.1. The number of amides is 1. The van der Waals surface area contributed by atoms with Crippen LogP contribution in [0.15, 0.2) is 36.7 Å². The highest BCUT2D eigenvalue weighted by Gasteiger charge is 2.19. The quantitative estimate of drug-likeness (QED) is 0.813. The van der Waals surface area contributed by atoms with E-state index in [9.17, 15) is 9.59 Å². The number of rotatable bonds is 5. The molecule has 0 spiro atoms. The molecule has 7 heteroatoms.